The molecule has 2 aromatic rings. The lowest BCUT2D eigenvalue weighted by Crippen LogP contribution is -2.30. The normalized spacial score (nSPS) is 12.7. The molecule has 0 bridgehead atoms. The molecule has 2 rings (SSSR count). The largest absolute Gasteiger partial charge is 0.370 e. The number of rotatable bonds is 8. The zero-order chi connectivity index (χ0) is 16.7. The number of sulfonamides is 1. The number of primary amides is 1. The number of benzene rings is 2. The van der Waals surface area contributed by atoms with Crippen LogP contribution in [-0.2, 0) is 20.6 Å². The summed E-state index contributed by atoms with van der Waals surface area (Å²) < 4.78 is 27.5. The van der Waals surface area contributed by atoms with E-state index in [0.29, 0.717) is 12.0 Å². The quantitative estimate of drug-likeness (QED) is 0.776. The third-order valence-corrected chi connectivity index (χ3v) is 4.76. The Morgan fingerprint density at radius 1 is 1.00 bits per heavy atom. The second kappa shape index (κ2) is 7.89. The molecule has 0 fully saturated rings. The molecule has 0 aliphatic carbocycles. The van der Waals surface area contributed by atoms with Crippen molar-refractivity contribution >= 4 is 15.9 Å². The highest BCUT2D eigenvalue weighted by molar-refractivity contribution is 7.88. The van der Waals surface area contributed by atoms with Gasteiger partial charge < -0.3 is 5.73 Å². The monoisotopic (exact) mass is 332 g/mol. The third kappa shape index (κ3) is 5.84. The van der Waals surface area contributed by atoms with Gasteiger partial charge in [0.1, 0.15) is 0 Å². The van der Waals surface area contributed by atoms with Crippen molar-refractivity contribution in [1.82, 2.24) is 4.72 Å². The van der Waals surface area contributed by atoms with E-state index in [1.807, 2.05) is 36.4 Å². The molecule has 23 heavy (non-hydrogen) atoms. The molecule has 0 saturated heterocycles. The van der Waals surface area contributed by atoms with E-state index in [9.17, 15) is 13.2 Å². The van der Waals surface area contributed by atoms with Crippen molar-refractivity contribution in [2.45, 2.75) is 24.6 Å². The van der Waals surface area contributed by atoms with Crippen LogP contribution >= 0.6 is 0 Å². The summed E-state index contributed by atoms with van der Waals surface area (Å²) in [5.74, 6) is -0.554. The molecule has 0 heterocycles. The Hall–Kier alpha value is -2.18. The van der Waals surface area contributed by atoms with Crippen molar-refractivity contribution in [3.63, 3.8) is 0 Å². The number of amides is 1. The Morgan fingerprint density at radius 2 is 1.57 bits per heavy atom. The molecular formula is C17H20N2O3S. The number of nitrogens with two attached hydrogens (primary N) is 1. The molecule has 5 nitrogen and oxygen atoms in total. The van der Waals surface area contributed by atoms with Crippen LogP contribution in [0.5, 0.6) is 0 Å². The van der Waals surface area contributed by atoms with Gasteiger partial charge >= 0.3 is 0 Å². The van der Waals surface area contributed by atoms with Gasteiger partial charge in [-0.3, -0.25) is 4.79 Å². The van der Waals surface area contributed by atoms with E-state index in [1.54, 1.807) is 24.3 Å². The molecule has 122 valence electrons. The van der Waals surface area contributed by atoms with E-state index in [-0.39, 0.29) is 12.2 Å². The second-order valence-electron chi connectivity index (χ2n) is 5.33. The fourth-order valence-electron chi connectivity index (χ4n) is 2.32. The Labute approximate surface area is 136 Å². The summed E-state index contributed by atoms with van der Waals surface area (Å²) in [4.78, 5) is 11.0. The fraction of sp³-hybridized carbons (Fsp3) is 0.235. The molecule has 6 heteroatoms. The molecule has 0 radical (unpaired) electrons. The summed E-state index contributed by atoms with van der Waals surface area (Å²) in [6.07, 6.45) is 0.445. The predicted molar refractivity (Wildman–Crippen MR) is 89.8 cm³/mol. The average Bonchev–Trinajstić information content (AvgIpc) is 2.52. The molecule has 0 aromatic heterocycles. The first-order valence-corrected chi connectivity index (χ1v) is 8.99. The number of nitrogens with one attached hydrogen (secondary N) is 1. The maximum absolute atomic E-state index is 12.4. The van der Waals surface area contributed by atoms with Gasteiger partial charge in [0, 0.05) is 12.5 Å². The van der Waals surface area contributed by atoms with Crippen LogP contribution in [0.3, 0.4) is 0 Å². The number of carbonyl (C=O) groups excluding carboxylic acids is 1. The van der Waals surface area contributed by atoms with Crippen molar-refractivity contribution in [3.05, 3.63) is 71.8 Å². The average molecular weight is 332 g/mol. The van der Waals surface area contributed by atoms with E-state index in [4.69, 9.17) is 5.73 Å². The van der Waals surface area contributed by atoms with Crippen LogP contribution in [0.4, 0.5) is 0 Å². The first-order valence-electron chi connectivity index (χ1n) is 7.33. The van der Waals surface area contributed by atoms with Crippen LogP contribution in [0.2, 0.25) is 0 Å². The Kier molecular flexibility index (Phi) is 5.90. The first kappa shape index (κ1) is 17.2. The standard InChI is InChI=1S/C17H20N2O3S/c18-17(20)12-11-16(15-9-5-2-6-10-15)19-23(21,22)13-14-7-3-1-4-8-14/h1-10,16,19H,11-13H2,(H2,18,20). The molecular weight excluding hydrogens is 312 g/mol. The molecule has 0 saturated carbocycles. The minimum atomic E-state index is -3.53. The van der Waals surface area contributed by atoms with Gasteiger partial charge in [-0.15, -0.1) is 0 Å². The van der Waals surface area contributed by atoms with Gasteiger partial charge in [0.25, 0.3) is 0 Å². The fourth-order valence-corrected chi connectivity index (χ4v) is 3.72. The second-order valence-corrected chi connectivity index (χ2v) is 7.08. The summed E-state index contributed by atoms with van der Waals surface area (Å²) in [5.41, 5.74) is 6.71. The number of carbonyl (C=O) groups is 1. The van der Waals surface area contributed by atoms with Crippen LogP contribution < -0.4 is 10.5 Å². The molecule has 1 unspecified atom stereocenters. The lowest BCUT2D eigenvalue weighted by atomic mass is 10.0. The highest BCUT2D eigenvalue weighted by atomic mass is 32.2. The minimum absolute atomic E-state index is 0.103. The van der Waals surface area contributed by atoms with Crippen molar-refractivity contribution in [2.75, 3.05) is 0 Å². The third-order valence-electron chi connectivity index (χ3n) is 3.40. The summed E-state index contributed by atoms with van der Waals surface area (Å²) in [7, 11) is -3.53. The number of hydrogen-bond acceptors (Lipinski definition) is 3. The number of hydrogen-bond donors (Lipinski definition) is 2. The lowest BCUT2D eigenvalue weighted by molar-refractivity contribution is -0.118. The van der Waals surface area contributed by atoms with Crippen LogP contribution in [0.25, 0.3) is 0 Å². The molecule has 0 aliphatic heterocycles. The highest BCUT2D eigenvalue weighted by Gasteiger charge is 2.20. The Balaban J connectivity index is 2.14. The highest BCUT2D eigenvalue weighted by Crippen LogP contribution is 2.20. The van der Waals surface area contributed by atoms with Crippen molar-refractivity contribution in [1.29, 1.82) is 0 Å². The SMILES string of the molecule is NC(=O)CCC(NS(=O)(=O)Cc1ccccc1)c1ccccc1. The molecule has 2 aromatic carbocycles. The van der Waals surface area contributed by atoms with Crippen LogP contribution in [0, 0.1) is 0 Å². The molecule has 1 atom stereocenters. The zero-order valence-electron chi connectivity index (χ0n) is 12.7. The smallest absolute Gasteiger partial charge is 0.217 e. The summed E-state index contributed by atoms with van der Waals surface area (Å²) >= 11 is 0. The van der Waals surface area contributed by atoms with E-state index in [0.717, 1.165) is 5.56 Å². The van der Waals surface area contributed by atoms with Gasteiger partial charge in [-0.25, -0.2) is 13.1 Å². The van der Waals surface area contributed by atoms with Gasteiger partial charge in [0.2, 0.25) is 15.9 Å². The maximum Gasteiger partial charge on any atom is 0.217 e. The van der Waals surface area contributed by atoms with E-state index < -0.39 is 22.0 Å². The molecule has 1 amide bonds. The van der Waals surface area contributed by atoms with Gasteiger partial charge in [-0.05, 0) is 17.5 Å². The maximum atomic E-state index is 12.4. The summed E-state index contributed by atoms with van der Waals surface area (Å²) in [6.45, 7) is 0. The lowest BCUT2D eigenvalue weighted by Gasteiger charge is -2.19. The van der Waals surface area contributed by atoms with Crippen LogP contribution in [0.15, 0.2) is 60.7 Å². The van der Waals surface area contributed by atoms with Gasteiger partial charge in [-0.2, -0.15) is 0 Å². The molecule has 0 spiro atoms. The van der Waals surface area contributed by atoms with Crippen LogP contribution in [-0.4, -0.2) is 14.3 Å². The Morgan fingerprint density at radius 3 is 2.13 bits per heavy atom. The topological polar surface area (TPSA) is 89.3 Å². The summed E-state index contributed by atoms with van der Waals surface area (Å²) in [6, 6.07) is 17.7. The molecule has 0 aliphatic rings. The minimum Gasteiger partial charge on any atom is -0.370 e. The van der Waals surface area contributed by atoms with Crippen molar-refractivity contribution < 1.29 is 13.2 Å². The van der Waals surface area contributed by atoms with Crippen molar-refractivity contribution in [2.24, 2.45) is 5.73 Å². The Bertz CT molecular complexity index is 731. The van der Waals surface area contributed by atoms with Gasteiger partial charge in [-0.1, -0.05) is 60.7 Å². The van der Waals surface area contributed by atoms with Gasteiger partial charge in [0.05, 0.1) is 5.75 Å². The molecule has 3 N–H and O–H groups in total. The van der Waals surface area contributed by atoms with E-state index in [1.165, 1.54) is 0 Å². The predicted octanol–water partition coefficient (Wildman–Crippen LogP) is 2.11. The van der Waals surface area contributed by atoms with Gasteiger partial charge in [0.15, 0.2) is 0 Å². The van der Waals surface area contributed by atoms with Crippen LogP contribution in [0.1, 0.15) is 30.0 Å². The first-order chi connectivity index (χ1) is 11.0. The van der Waals surface area contributed by atoms with Crippen molar-refractivity contribution in [3.8, 4) is 0 Å². The van der Waals surface area contributed by atoms with E-state index >= 15 is 0 Å². The zero-order valence-corrected chi connectivity index (χ0v) is 13.5. The van der Waals surface area contributed by atoms with E-state index in [2.05, 4.69) is 4.72 Å². The summed E-state index contributed by atoms with van der Waals surface area (Å²) in [5, 5.41) is 0.